The Bertz CT molecular complexity index is 516. The molecule has 0 radical (unpaired) electrons. The van der Waals surface area contributed by atoms with Crippen molar-refractivity contribution in [2.75, 3.05) is 6.54 Å². The molecule has 0 atom stereocenters. The molecule has 2 rings (SSSR count). The van der Waals surface area contributed by atoms with Crippen LogP contribution in [0.25, 0.3) is 11.0 Å². The van der Waals surface area contributed by atoms with E-state index in [4.69, 9.17) is 9.15 Å². The van der Waals surface area contributed by atoms with Crippen molar-refractivity contribution >= 4 is 11.0 Å². The lowest BCUT2D eigenvalue weighted by atomic mass is 10.1. The summed E-state index contributed by atoms with van der Waals surface area (Å²) in [5, 5.41) is 4.63. The first-order chi connectivity index (χ1) is 9.22. The third-order valence-corrected chi connectivity index (χ3v) is 3.06. The minimum Gasteiger partial charge on any atom is -0.458 e. The van der Waals surface area contributed by atoms with Gasteiger partial charge in [0, 0.05) is 17.5 Å². The molecule has 0 amide bonds. The molecule has 0 spiro atoms. The number of fused-ring (bicyclic) bond motifs is 1. The summed E-state index contributed by atoms with van der Waals surface area (Å²) < 4.78 is 11.6. The number of para-hydroxylation sites is 1. The van der Waals surface area contributed by atoms with Gasteiger partial charge in [-0.05, 0) is 32.9 Å². The van der Waals surface area contributed by atoms with E-state index in [9.17, 15) is 0 Å². The van der Waals surface area contributed by atoms with E-state index >= 15 is 0 Å². The summed E-state index contributed by atoms with van der Waals surface area (Å²) in [5.41, 5.74) is 2.17. The molecule has 0 fully saturated rings. The molecule has 19 heavy (non-hydrogen) atoms. The van der Waals surface area contributed by atoms with Gasteiger partial charge in [0.15, 0.2) is 0 Å². The lowest BCUT2D eigenvalue weighted by Crippen LogP contribution is -2.15. The van der Waals surface area contributed by atoms with E-state index in [-0.39, 0.29) is 6.10 Å². The van der Waals surface area contributed by atoms with Crippen molar-refractivity contribution in [2.45, 2.75) is 46.4 Å². The maximum atomic E-state index is 5.92. The zero-order valence-electron chi connectivity index (χ0n) is 12.0. The third-order valence-electron chi connectivity index (χ3n) is 3.06. The average molecular weight is 261 g/mol. The number of hydrogen-bond acceptors (Lipinski definition) is 3. The highest BCUT2D eigenvalue weighted by Crippen LogP contribution is 2.26. The first-order valence-electron chi connectivity index (χ1n) is 7.04. The lowest BCUT2D eigenvalue weighted by molar-refractivity contribution is 0.0547. The Kier molecular flexibility index (Phi) is 5.00. The van der Waals surface area contributed by atoms with Gasteiger partial charge in [-0.3, -0.25) is 0 Å². The van der Waals surface area contributed by atoms with Gasteiger partial charge in [0.1, 0.15) is 18.0 Å². The van der Waals surface area contributed by atoms with Crippen LogP contribution in [0.4, 0.5) is 0 Å². The summed E-state index contributed by atoms with van der Waals surface area (Å²) in [5.74, 6) is 0.943. The van der Waals surface area contributed by atoms with Crippen molar-refractivity contribution in [1.29, 1.82) is 0 Å². The van der Waals surface area contributed by atoms with Gasteiger partial charge >= 0.3 is 0 Å². The highest BCUT2D eigenvalue weighted by atomic mass is 16.5. The van der Waals surface area contributed by atoms with Crippen LogP contribution in [-0.2, 0) is 17.9 Å². The Morgan fingerprint density at radius 3 is 2.79 bits per heavy atom. The van der Waals surface area contributed by atoms with E-state index in [1.165, 1.54) is 10.9 Å². The van der Waals surface area contributed by atoms with Gasteiger partial charge in [-0.15, -0.1) is 0 Å². The van der Waals surface area contributed by atoms with Crippen LogP contribution in [0.1, 0.15) is 38.5 Å². The standard InChI is InChI=1S/C16H23NO2/c1-4-9-17-10-14-13-7-5-6-8-15(13)19-16(14)11-18-12(2)3/h5-8,12,17H,4,9-11H2,1-3H3. The Labute approximate surface area is 114 Å². The molecule has 3 nitrogen and oxygen atoms in total. The normalized spacial score (nSPS) is 11.6. The van der Waals surface area contributed by atoms with Crippen molar-refractivity contribution in [2.24, 2.45) is 0 Å². The molecular formula is C16H23NO2. The Morgan fingerprint density at radius 1 is 1.26 bits per heavy atom. The van der Waals surface area contributed by atoms with Crippen molar-refractivity contribution in [3.8, 4) is 0 Å². The minimum atomic E-state index is 0.213. The van der Waals surface area contributed by atoms with E-state index in [0.29, 0.717) is 6.61 Å². The zero-order valence-corrected chi connectivity index (χ0v) is 12.0. The second-order valence-corrected chi connectivity index (χ2v) is 5.04. The largest absolute Gasteiger partial charge is 0.458 e. The smallest absolute Gasteiger partial charge is 0.135 e. The third kappa shape index (κ3) is 3.58. The number of nitrogens with one attached hydrogen (secondary N) is 1. The summed E-state index contributed by atoms with van der Waals surface area (Å²) in [6.07, 6.45) is 1.35. The molecule has 2 aromatic rings. The van der Waals surface area contributed by atoms with Crippen LogP contribution in [0.5, 0.6) is 0 Å². The molecule has 1 aromatic carbocycles. The summed E-state index contributed by atoms with van der Waals surface area (Å²) in [4.78, 5) is 0. The lowest BCUT2D eigenvalue weighted by Gasteiger charge is -2.08. The van der Waals surface area contributed by atoms with Gasteiger partial charge in [0.2, 0.25) is 0 Å². The van der Waals surface area contributed by atoms with Crippen LogP contribution < -0.4 is 5.32 Å². The number of furan rings is 1. The maximum absolute atomic E-state index is 5.92. The predicted molar refractivity (Wildman–Crippen MR) is 78.1 cm³/mol. The van der Waals surface area contributed by atoms with Crippen LogP contribution in [0.2, 0.25) is 0 Å². The molecule has 0 unspecified atom stereocenters. The zero-order chi connectivity index (χ0) is 13.7. The van der Waals surface area contributed by atoms with Crippen molar-refractivity contribution in [1.82, 2.24) is 5.32 Å². The van der Waals surface area contributed by atoms with Gasteiger partial charge < -0.3 is 14.5 Å². The van der Waals surface area contributed by atoms with E-state index in [1.54, 1.807) is 0 Å². The fraction of sp³-hybridized carbons (Fsp3) is 0.500. The van der Waals surface area contributed by atoms with Gasteiger partial charge in [-0.1, -0.05) is 25.1 Å². The van der Waals surface area contributed by atoms with Crippen LogP contribution in [0.15, 0.2) is 28.7 Å². The number of benzene rings is 1. The minimum absolute atomic E-state index is 0.213. The summed E-state index contributed by atoms with van der Waals surface area (Å²) in [6.45, 7) is 8.64. The fourth-order valence-electron chi connectivity index (χ4n) is 2.09. The number of rotatable bonds is 7. The molecule has 104 valence electrons. The van der Waals surface area contributed by atoms with Gasteiger partial charge in [0.05, 0.1) is 6.10 Å². The molecule has 0 aliphatic heterocycles. The van der Waals surface area contributed by atoms with Gasteiger partial charge in [-0.25, -0.2) is 0 Å². The summed E-state index contributed by atoms with van der Waals surface area (Å²) in [6, 6.07) is 8.18. The van der Waals surface area contributed by atoms with Crippen LogP contribution in [-0.4, -0.2) is 12.6 Å². The van der Waals surface area contributed by atoms with Gasteiger partial charge in [-0.2, -0.15) is 0 Å². The molecule has 1 aromatic heterocycles. The first-order valence-corrected chi connectivity index (χ1v) is 7.04. The van der Waals surface area contributed by atoms with Crippen LogP contribution in [0.3, 0.4) is 0 Å². The summed E-state index contributed by atoms with van der Waals surface area (Å²) >= 11 is 0. The molecular weight excluding hydrogens is 238 g/mol. The molecule has 1 heterocycles. The van der Waals surface area contributed by atoms with Crippen molar-refractivity contribution in [3.63, 3.8) is 0 Å². The van der Waals surface area contributed by atoms with E-state index in [1.807, 2.05) is 32.0 Å². The van der Waals surface area contributed by atoms with Gasteiger partial charge in [0.25, 0.3) is 0 Å². The molecule has 0 saturated carbocycles. The molecule has 3 heteroatoms. The van der Waals surface area contributed by atoms with Crippen molar-refractivity contribution in [3.05, 3.63) is 35.6 Å². The van der Waals surface area contributed by atoms with Crippen LogP contribution >= 0.6 is 0 Å². The van der Waals surface area contributed by atoms with E-state index in [2.05, 4.69) is 18.3 Å². The molecule has 0 aliphatic rings. The quantitative estimate of drug-likeness (QED) is 0.769. The monoisotopic (exact) mass is 261 g/mol. The Hall–Kier alpha value is -1.32. The Morgan fingerprint density at radius 2 is 2.05 bits per heavy atom. The van der Waals surface area contributed by atoms with Crippen LogP contribution in [0, 0.1) is 0 Å². The highest BCUT2D eigenvalue weighted by molar-refractivity contribution is 5.82. The maximum Gasteiger partial charge on any atom is 0.135 e. The summed E-state index contributed by atoms with van der Waals surface area (Å²) in [7, 11) is 0. The van der Waals surface area contributed by atoms with E-state index < -0.39 is 0 Å². The molecule has 1 N–H and O–H groups in total. The number of hydrogen-bond donors (Lipinski definition) is 1. The number of ether oxygens (including phenoxy) is 1. The molecule has 0 aliphatic carbocycles. The molecule has 0 bridgehead atoms. The first kappa shape index (κ1) is 14.1. The second-order valence-electron chi connectivity index (χ2n) is 5.04. The highest BCUT2D eigenvalue weighted by Gasteiger charge is 2.13. The second kappa shape index (κ2) is 6.73. The predicted octanol–water partition coefficient (Wildman–Crippen LogP) is 3.86. The molecule has 0 saturated heterocycles. The SMILES string of the molecule is CCCNCc1c(COC(C)C)oc2ccccc12. The average Bonchev–Trinajstić information content (AvgIpc) is 2.75. The van der Waals surface area contributed by atoms with E-state index in [0.717, 1.165) is 30.9 Å². The fourth-order valence-corrected chi connectivity index (χ4v) is 2.09. The topological polar surface area (TPSA) is 34.4 Å². The van der Waals surface area contributed by atoms with Crippen molar-refractivity contribution < 1.29 is 9.15 Å². The Balaban J connectivity index is 2.23.